The molecule has 0 saturated carbocycles. The first kappa shape index (κ1) is 21.3. The third-order valence-corrected chi connectivity index (χ3v) is 4.15. The predicted molar refractivity (Wildman–Crippen MR) is 115 cm³/mol. The Morgan fingerprint density at radius 3 is 2.29 bits per heavy atom. The fourth-order valence-corrected chi connectivity index (χ4v) is 2.66. The Bertz CT molecular complexity index is 1080. The number of nitrogens with zero attached hydrogens (tertiary/aromatic N) is 1. The van der Waals surface area contributed by atoms with Gasteiger partial charge in [-0.25, -0.2) is 4.79 Å². The average Bonchev–Trinajstić information content (AvgIpc) is 2.79. The number of anilines is 2. The highest BCUT2D eigenvalue weighted by Gasteiger charge is 2.18. The summed E-state index contributed by atoms with van der Waals surface area (Å²) in [6, 6.07) is 19.8. The maximum atomic E-state index is 12.1. The van der Waals surface area contributed by atoms with E-state index in [0.29, 0.717) is 17.2 Å². The lowest BCUT2D eigenvalue weighted by molar-refractivity contribution is -0.384. The van der Waals surface area contributed by atoms with E-state index >= 15 is 0 Å². The van der Waals surface area contributed by atoms with Crippen LogP contribution in [0.5, 0.6) is 11.5 Å². The molecule has 3 rings (SSSR count). The molecule has 2 N–H and O–H groups in total. The van der Waals surface area contributed by atoms with E-state index in [1.54, 1.807) is 24.3 Å². The molecule has 0 bridgehead atoms. The van der Waals surface area contributed by atoms with Crippen molar-refractivity contribution in [2.45, 2.75) is 0 Å². The number of rotatable bonds is 8. The molecule has 0 unspecified atom stereocenters. The molecule has 0 aliphatic carbocycles. The van der Waals surface area contributed by atoms with Crippen molar-refractivity contribution in [1.82, 2.24) is 0 Å². The molecule has 0 heterocycles. The van der Waals surface area contributed by atoms with Crippen molar-refractivity contribution in [3.05, 3.63) is 88.5 Å². The monoisotopic (exact) mass is 421 g/mol. The smallest absolute Gasteiger partial charge is 0.338 e. The predicted octanol–water partition coefficient (Wildman–Crippen LogP) is 4.22. The van der Waals surface area contributed by atoms with Crippen molar-refractivity contribution in [3.8, 4) is 11.5 Å². The van der Waals surface area contributed by atoms with E-state index in [2.05, 4.69) is 10.6 Å². The van der Waals surface area contributed by atoms with Crippen LogP contribution in [-0.4, -0.2) is 30.5 Å². The van der Waals surface area contributed by atoms with Gasteiger partial charge in [-0.2, -0.15) is 0 Å². The molecule has 1 amide bonds. The number of hydrogen-bond acceptors (Lipinski definition) is 7. The van der Waals surface area contributed by atoms with Gasteiger partial charge in [0, 0.05) is 18.8 Å². The summed E-state index contributed by atoms with van der Waals surface area (Å²) in [4.78, 5) is 34.7. The third kappa shape index (κ3) is 5.80. The van der Waals surface area contributed by atoms with Crippen LogP contribution >= 0.6 is 0 Å². The lowest BCUT2D eigenvalue weighted by atomic mass is 10.1. The Balaban J connectivity index is 1.53. The van der Waals surface area contributed by atoms with Gasteiger partial charge in [0.2, 0.25) is 0 Å². The molecule has 9 heteroatoms. The molecule has 0 aliphatic heterocycles. The van der Waals surface area contributed by atoms with Crippen LogP contribution in [0.25, 0.3) is 0 Å². The van der Waals surface area contributed by atoms with Gasteiger partial charge in [0.05, 0.1) is 10.5 Å². The van der Waals surface area contributed by atoms with Gasteiger partial charge in [-0.3, -0.25) is 14.9 Å². The maximum Gasteiger partial charge on any atom is 0.338 e. The molecule has 0 radical (unpaired) electrons. The number of esters is 1. The molecule has 0 spiro atoms. The highest BCUT2D eigenvalue weighted by atomic mass is 16.6. The number of carbonyl (C=O) groups is 2. The van der Waals surface area contributed by atoms with Gasteiger partial charge in [0.15, 0.2) is 6.61 Å². The van der Waals surface area contributed by atoms with Crippen LogP contribution in [0.2, 0.25) is 0 Å². The summed E-state index contributed by atoms with van der Waals surface area (Å²) in [5, 5.41) is 16.4. The van der Waals surface area contributed by atoms with Crippen molar-refractivity contribution in [2.75, 3.05) is 24.3 Å². The van der Waals surface area contributed by atoms with E-state index in [-0.39, 0.29) is 16.9 Å². The quantitative estimate of drug-likeness (QED) is 0.317. The molecule has 3 aromatic rings. The molecule has 158 valence electrons. The van der Waals surface area contributed by atoms with E-state index in [1.165, 1.54) is 19.2 Å². The van der Waals surface area contributed by atoms with Gasteiger partial charge in [-0.1, -0.05) is 18.2 Å². The van der Waals surface area contributed by atoms with Crippen molar-refractivity contribution in [1.29, 1.82) is 0 Å². The lowest BCUT2D eigenvalue weighted by Gasteiger charge is -2.09. The normalized spacial score (nSPS) is 10.1. The number of amides is 1. The number of nitro groups is 1. The van der Waals surface area contributed by atoms with E-state index in [9.17, 15) is 19.7 Å². The summed E-state index contributed by atoms with van der Waals surface area (Å²) in [5.41, 5.74) is 0.467. The van der Waals surface area contributed by atoms with E-state index in [0.717, 1.165) is 6.07 Å². The zero-order valence-electron chi connectivity index (χ0n) is 16.5. The average molecular weight is 421 g/mol. The summed E-state index contributed by atoms with van der Waals surface area (Å²) < 4.78 is 10.6. The summed E-state index contributed by atoms with van der Waals surface area (Å²) in [6.45, 7) is -0.539. The molecular formula is C22H19N3O6. The molecule has 0 aliphatic rings. The summed E-state index contributed by atoms with van der Waals surface area (Å²) >= 11 is 0. The second-order valence-electron chi connectivity index (χ2n) is 6.30. The number of para-hydroxylation sites is 1. The van der Waals surface area contributed by atoms with Crippen LogP contribution in [0.4, 0.5) is 17.1 Å². The molecule has 3 aromatic carbocycles. The number of carbonyl (C=O) groups excluding carboxylic acids is 2. The van der Waals surface area contributed by atoms with E-state index in [4.69, 9.17) is 9.47 Å². The van der Waals surface area contributed by atoms with E-state index in [1.807, 2.05) is 30.3 Å². The topological polar surface area (TPSA) is 120 Å². The number of ether oxygens (including phenoxy) is 2. The SMILES string of the molecule is CNc1ccc(C(=O)OCC(=O)Nc2ccc(Oc3ccccc3)cc2)cc1[N+](=O)[O-]. The standard InChI is InChI=1S/C22H19N3O6/c1-23-19-12-7-15(13-20(19)25(28)29)22(27)30-14-21(26)24-16-8-10-18(11-9-16)31-17-5-3-2-4-6-17/h2-13,23H,14H2,1H3,(H,24,26). The number of hydrogen-bond donors (Lipinski definition) is 2. The molecule has 0 aromatic heterocycles. The Morgan fingerprint density at radius 1 is 0.968 bits per heavy atom. The minimum atomic E-state index is -0.840. The number of nitrogens with one attached hydrogen (secondary N) is 2. The molecule has 9 nitrogen and oxygen atoms in total. The first-order valence-electron chi connectivity index (χ1n) is 9.22. The van der Waals surface area contributed by atoms with E-state index < -0.39 is 23.4 Å². The second kappa shape index (κ2) is 9.88. The summed E-state index contributed by atoms with van der Waals surface area (Å²) in [6.07, 6.45) is 0. The molecular weight excluding hydrogens is 402 g/mol. The Kier molecular flexibility index (Phi) is 6.79. The minimum Gasteiger partial charge on any atom is -0.457 e. The van der Waals surface area contributed by atoms with Gasteiger partial charge < -0.3 is 20.1 Å². The van der Waals surface area contributed by atoms with Crippen molar-refractivity contribution in [3.63, 3.8) is 0 Å². The molecule has 0 fully saturated rings. The zero-order valence-corrected chi connectivity index (χ0v) is 16.5. The van der Waals surface area contributed by atoms with Crippen LogP contribution in [-0.2, 0) is 9.53 Å². The van der Waals surface area contributed by atoms with Gasteiger partial charge in [0.1, 0.15) is 17.2 Å². The Hall–Kier alpha value is -4.40. The van der Waals surface area contributed by atoms with Gasteiger partial charge in [-0.05, 0) is 48.5 Å². The minimum absolute atomic E-state index is 0.0269. The first-order valence-corrected chi connectivity index (χ1v) is 9.22. The Labute approximate surface area is 177 Å². The largest absolute Gasteiger partial charge is 0.457 e. The Morgan fingerprint density at radius 2 is 1.65 bits per heavy atom. The number of nitro benzene ring substituents is 1. The van der Waals surface area contributed by atoms with Gasteiger partial charge in [-0.15, -0.1) is 0 Å². The van der Waals surface area contributed by atoms with Gasteiger partial charge in [0.25, 0.3) is 11.6 Å². The fourth-order valence-electron chi connectivity index (χ4n) is 2.66. The lowest BCUT2D eigenvalue weighted by Crippen LogP contribution is -2.21. The van der Waals surface area contributed by atoms with Crippen molar-refractivity contribution >= 4 is 28.9 Å². The van der Waals surface area contributed by atoms with Crippen molar-refractivity contribution < 1.29 is 24.0 Å². The second-order valence-corrected chi connectivity index (χ2v) is 6.30. The van der Waals surface area contributed by atoms with Crippen LogP contribution in [0.3, 0.4) is 0 Å². The fraction of sp³-hybridized carbons (Fsp3) is 0.0909. The molecule has 31 heavy (non-hydrogen) atoms. The van der Waals surface area contributed by atoms with Crippen LogP contribution in [0.15, 0.2) is 72.8 Å². The molecule has 0 saturated heterocycles. The highest BCUT2D eigenvalue weighted by Crippen LogP contribution is 2.25. The van der Waals surface area contributed by atoms with Crippen LogP contribution < -0.4 is 15.4 Å². The zero-order chi connectivity index (χ0) is 22.2. The van der Waals surface area contributed by atoms with Gasteiger partial charge >= 0.3 is 5.97 Å². The van der Waals surface area contributed by atoms with Crippen LogP contribution in [0.1, 0.15) is 10.4 Å². The van der Waals surface area contributed by atoms with Crippen LogP contribution in [0, 0.1) is 10.1 Å². The summed E-state index contributed by atoms with van der Waals surface area (Å²) in [5.74, 6) is -0.102. The number of benzene rings is 3. The first-order chi connectivity index (χ1) is 15.0. The highest BCUT2D eigenvalue weighted by molar-refractivity contribution is 5.96. The van der Waals surface area contributed by atoms with Crippen molar-refractivity contribution in [2.24, 2.45) is 0 Å². The summed E-state index contributed by atoms with van der Waals surface area (Å²) in [7, 11) is 1.53. The third-order valence-electron chi connectivity index (χ3n) is 4.15. The maximum absolute atomic E-state index is 12.1. The molecule has 0 atom stereocenters.